The van der Waals surface area contributed by atoms with E-state index in [0.717, 1.165) is 11.7 Å². The van der Waals surface area contributed by atoms with Crippen LogP contribution < -0.4 is 10.6 Å². The first-order chi connectivity index (χ1) is 8.17. The quantitative estimate of drug-likeness (QED) is 0.507. The van der Waals surface area contributed by atoms with E-state index in [1.807, 2.05) is 6.92 Å². The van der Waals surface area contributed by atoms with Crippen molar-refractivity contribution in [2.45, 2.75) is 36.7 Å². The minimum absolute atomic E-state index is 0.184. The van der Waals surface area contributed by atoms with Crippen molar-refractivity contribution in [3.05, 3.63) is 0 Å². The van der Waals surface area contributed by atoms with Gasteiger partial charge in [-0.05, 0) is 6.54 Å². The van der Waals surface area contributed by atoms with E-state index in [1.165, 1.54) is 11.8 Å². The topological polar surface area (TPSA) is 86.1 Å². The summed E-state index contributed by atoms with van der Waals surface area (Å²) < 4.78 is 5.77. The molecule has 0 radical (unpaired) electrons. The van der Waals surface area contributed by atoms with Crippen LogP contribution in [0.2, 0.25) is 0 Å². The lowest BCUT2D eigenvalue weighted by Gasteiger charge is -2.39. The fraction of sp³-hybridized carbons (Fsp3) is 0.900. The van der Waals surface area contributed by atoms with Crippen molar-refractivity contribution < 1.29 is 14.9 Å². The molecular formula is C10H19N3O3S. The number of hydrogen-bond acceptors (Lipinski definition) is 6. The van der Waals surface area contributed by atoms with E-state index < -0.39 is 12.2 Å². The van der Waals surface area contributed by atoms with E-state index in [0.29, 0.717) is 6.54 Å². The van der Waals surface area contributed by atoms with Crippen LogP contribution in [0.1, 0.15) is 6.92 Å². The number of hydrogen-bond donors (Lipinski definition) is 4. The van der Waals surface area contributed by atoms with Crippen LogP contribution in [0.5, 0.6) is 0 Å². The zero-order valence-electron chi connectivity index (χ0n) is 9.96. The van der Waals surface area contributed by atoms with Crippen LogP contribution in [0.25, 0.3) is 0 Å². The molecule has 0 aromatic carbocycles. The Morgan fingerprint density at radius 1 is 1.47 bits per heavy atom. The van der Waals surface area contributed by atoms with Gasteiger partial charge in [0.15, 0.2) is 5.17 Å². The van der Waals surface area contributed by atoms with Crippen molar-refractivity contribution in [3.63, 3.8) is 0 Å². The molecule has 0 amide bonds. The predicted octanol–water partition coefficient (Wildman–Crippen LogP) is -1.27. The van der Waals surface area contributed by atoms with Crippen molar-refractivity contribution in [2.24, 2.45) is 4.99 Å². The summed E-state index contributed by atoms with van der Waals surface area (Å²) in [5.74, 6) is 0. The molecule has 5 atom stereocenters. The van der Waals surface area contributed by atoms with Crippen LogP contribution in [0.15, 0.2) is 4.99 Å². The first kappa shape index (κ1) is 13.1. The van der Waals surface area contributed by atoms with Gasteiger partial charge in [-0.25, -0.2) is 0 Å². The second-order valence-corrected chi connectivity index (χ2v) is 5.24. The fourth-order valence-electron chi connectivity index (χ4n) is 2.04. The Kier molecular flexibility index (Phi) is 4.26. The molecule has 0 spiro atoms. The molecule has 0 saturated carbocycles. The van der Waals surface area contributed by atoms with Crippen LogP contribution in [-0.2, 0) is 4.74 Å². The Balaban J connectivity index is 2.03. The van der Waals surface area contributed by atoms with Crippen LogP contribution in [0, 0.1) is 0 Å². The molecule has 0 aromatic heterocycles. The first-order valence-electron chi connectivity index (χ1n) is 5.79. The molecule has 2 aliphatic rings. The lowest BCUT2D eigenvalue weighted by Crippen LogP contribution is -2.60. The highest BCUT2D eigenvalue weighted by molar-refractivity contribution is 8.14. The van der Waals surface area contributed by atoms with Crippen LogP contribution in [0.3, 0.4) is 0 Å². The van der Waals surface area contributed by atoms with Gasteiger partial charge in [-0.1, -0.05) is 18.7 Å². The normalized spacial score (nSPS) is 43.5. The van der Waals surface area contributed by atoms with Crippen molar-refractivity contribution in [3.8, 4) is 0 Å². The monoisotopic (exact) mass is 261 g/mol. The Morgan fingerprint density at radius 2 is 2.24 bits per heavy atom. The highest BCUT2D eigenvalue weighted by atomic mass is 32.2. The van der Waals surface area contributed by atoms with Gasteiger partial charge >= 0.3 is 0 Å². The summed E-state index contributed by atoms with van der Waals surface area (Å²) in [7, 11) is 1.69. The Labute approximate surface area is 105 Å². The van der Waals surface area contributed by atoms with Crippen molar-refractivity contribution in [1.82, 2.24) is 10.6 Å². The molecule has 2 saturated heterocycles. The molecule has 2 aliphatic heterocycles. The van der Waals surface area contributed by atoms with Crippen LogP contribution in [0.4, 0.5) is 0 Å². The van der Waals surface area contributed by atoms with Gasteiger partial charge in [0, 0.05) is 13.6 Å². The Morgan fingerprint density at radius 3 is 2.88 bits per heavy atom. The largest absolute Gasteiger partial charge is 0.388 e. The molecule has 0 bridgehead atoms. The number of ether oxygens (including phenoxy) is 1. The minimum atomic E-state index is -0.875. The lowest BCUT2D eigenvalue weighted by atomic mass is 9.98. The van der Waals surface area contributed by atoms with Gasteiger partial charge < -0.3 is 25.6 Å². The van der Waals surface area contributed by atoms with Crippen molar-refractivity contribution >= 4 is 16.9 Å². The third-order valence-corrected chi connectivity index (χ3v) is 4.18. The highest BCUT2D eigenvalue weighted by Gasteiger charge is 2.48. The maximum atomic E-state index is 10.0. The summed E-state index contributed by atoms with van der Waals surface area (Å²) in [6.45, 7) is 3.34. The SMILES string of the molecule is CCNCC1OC2SC(=NC)NC2C(O)C1O. The minimum Gasteiger partial charge on any atom is -0.388 e. The van der Waals surface area contributed by atoms with Gasteiger partial charge in [-0.15, -0.1) is 0 Å². The van der Waals surface area contributed by atoms with Crippen molar-refractivity contribution in [2.75, 3.05) is 20.1 Å². The van der Waals surface area contributed by atoms with Gasteiger partial charge in [0.05, 0.1) is 6.04 Å². The van der Waals surface area contributed by atoms with Crippen LogP contribution >= 0.6 is 11.8 Å². The number of aliphatic hydroxyl groups is 2. The highest BCUT2D eigenvalue weighted by Crippen LogP contribution is 2.33. The number of amidine groups is 1. The summed E-state index contributed by atoms with van der Waals surface area (Å²) in [5.41, 5.74) is -0.184. The maximum absolute atomic E-state index is 10.0. The van der Waals surface area contributed by atoms with E-state index in [4.69, 9.17) is 4.74 Å². The molecule has 98 valence electrons. The standard InChI is InChI=1S/C10H19N3O3S/c1-3-12-4-5-7(14)8(15)6-9(16-5)17-10(11-2)13-6/h5-9,12,14-15H,3-4H2,1-2H3,(H,11,13). The number of nitrogens with one attached hydrogen (secondary N) is 2. The zero-order valence-corrected chi connectivity index (χ0v) is 10.8. The Hall–Kier alpha value is -0.340. The second-order valence-electron chi connectivity index (χ2n) is 4.15. The van der Waals surface area contributed by atoms with Gasteiger partial charge in [0.25, 0.3) is 0 Å². The molecule has 17 heavy (non-hydrogen) atoms. The maximum Gasteiger partial charge on any atom is 0.159 e. The second kappa shape index (κ2) is 5.53. The third-order valence-electron chi connectivity index (χ3n) is 3.02. The molecule has 4 N–H and O–H groups in total. The number of likely N-dealkylation sites (N-methyl/N-ethyl adjacent to an activating group) is 1. The summed E-state index contributed by atoms with van der Waals surface area (Å²) in [4.78, 5) is 4.04. The van der Waals surface area contributed by atoms with Crippen LogP contribution in [-0.4, -0.2) is 65.3 Å². The molecule has 2 fully saturated rings. The average Bonchev–Trinajstić information content (AvgIpc) is 2.75. The molecule has 5 unspecified atom stereocenters. The Bertz CT molecular complexity index is 303. The van der Waals surface area contributed by atoms with Crippen molar-refractivity contribution in [1.29, 1.82) is 0 Å². The number of fused-ring (bicyclic) bond motifs is 1. The van der Waals surface area contributed by atoms with Gasteiger partial charge in [0.1, 0.15) is 23.7 Å². The van der Waals surface area contributed by atoms with E-state index in [-0.39, 0.29) is 17.6 Å². The average molecular weight is 261 g/mol. The van der Waals surface area contributed by atoms with Gasteiger partial charge in [-0.3, -0.25) is 4.99 Å². The summed E-state index contributed by atoms with van der Waals surface area (Å²) >= 11 is 1.46. The number of nitrogens with zero attached hydrogens (tertiary/aromatic N) is 1. The molecular weight excluding hydrogens is 242 g/mol. The number of rotatable bonds is 3. The summed E-state index contributed by atoms with van der Waals surface area (Å²) in [6.07, 6.45) is -2.08. The number of aliphatic imine (C=N–C) groups is 1. The smallest absolute Gasteiger partial charge is 0.159 e. The zero-order chi connectivity index (χ0) is 12.4. The summed E-state index contributed by atoms with van der Waals surface area (Å²) in [5, 5.41) is 26.9. The lowest BCUT2D eigenvalue weighted by molar-refractivity contribution is -0.153. The van der Waals surface area contributed by atoms with E-state index in [9.17, 15) is 10.2 Å². The molecule has 2 heterocycles. The first-order valence-corrected chi connectivity index (χ1v) is 6.67. The number of aliphatic hydroxyl groups excluding tert-OH is 2. The molecule has 0 aromatic rings. The third kappa shape index (κ3) is 2.58. The summed E-state index contributed by atoms with van der Waals surface area (Å²) in [6, 6.07) is -0.286. The number of thioether (sulfide) groups is 1. The van der Waals surface area contributed by atoms with Gasteiger partial charge in [0.2, 0.25) is 0 Å². The molecule has 0 aliphatic carbocycles. The molecule has 7 heteroatoms. The van der Waals surface area contributed by atoms with Gasteiger partial charge in [-0.2, -0.15) is 0 Å². The predicted molar refractivity (Wildman–Crippen MR) is 67.1 cm³/mol. The van der Waals surface area contributed by atoms with E-state index >= 15 is 0 Å². The van der Waals surface area contributed by atoms with E-state index in [1.54, 1.807) is 7.05 Å². The fourth-order valence-corrected chi connectivity index (χ4v) is 3.15. The van der Waals surface area contributed by atoms with E-state index in [2.05, 4.69) is 15.6 Å². The molecule has 2 rings (SSSR count). The molecule has 6 nitrogen and oxygen atoms in total.